The number of aromatic nitrogens is 3. The number of fused-ring (bicyclic) bond motifs is 1. The average molecular weight is 234 g/mol. The van der Waals surface area contributed by atoms with Crippen LogP contribution in [0.1, 0.15) is 31.0 Å². The van der Waals surface area contributed by atoms with Crippen molar-refractivity contribution in [2.45, 2.75) is 38.5 Å². The van der Waals surface area contributed by atoms with Gasteiger partial charge >= 0.3 is 6.18 Å². The fraction of sp³-hybridized carbons (Fsp3) is 0.778. The Morgan fingerprint density at radius 1 is 1.44 bits per heavy atom. The third-order valence-corrected chi connectivity index (χ3v) is 2.85. The molecule has 0 aromatic carbocycles. The van der Waals surface area contributed by atoms with E-state index < -0.39 is 18.1 Å². The van der Waals surface area contributed by atoms with Gasteiger partial charge in [-0.25, -0.2) is 0 Å². The third kappa shape index (κ3) is 1.91. The summed E-state index contributed by atoms with van der Waals surface area (Å²) in [5.41, 5.74) is 5.63. The fourth-order valence-electron chi connectivity index (χ4n) is 1.95. The van der Waals surface area contributed by atoms with Gasteiger partial charge in [-0.3, -0.25) is 0 Å². The Morgan fingerprint density at radius 3 is 2.69 bits per heavy atom. The first-order chi connectivity index (χ1) is 7.39. The quantitative estimate of drug-likeness (QED) is 0.799. The Labute approximate surface area is 90.6 Å². The van der Waals surface area contributed by atoms with Crippen LogP contribution in [0.3, 0.4) is 0 Å². The summed E-state index contributed by atoms with van der Waals surface area (Å²) >= 11 is 0. The van der Waals surface area contributed by atoms with E-state index in [1.807, 2.05) is 0 Å². The number of nitrogens with two attached hydrogens (primary N) is 1. The first-order valence-corrected chi connectivity index (χ1v) is 5.14. The highest BCUT2D eigenvalue weighted by Gasteiger charge is 2.42. The SMILES string of the molecule is CC(N)c1nnc2n1CC(C(F)(F)F)CC2. The Hall–Kier alpha value is -1.11. The van der Waals surface area contributed by atoms with Gasteiger partial charge < -0.3 is 10.3 Å². The van der Waals surface area contributed by atoms with Gasteiger partial charge in [-0.05, 0) is 13.3 Å². The van der Waals surface area contributed by atoms with E-state index >= 15 is 0 Å². The lowest BCUT2D eigenvalue weighted by atomic mass is 9.98. The van der Waals surface area contributed by atoms with E-state index in [4.69, 9.17) is 5.73 Å². The van der Waals surface area contributed by atoms with E-state index in [1.165, 1.54) is 4.57 Å². The summed E-state index contributed by atoms with van der Waals surface area (Å²) in [5.74, 6) is -0.273. The maximum absolute atomic E-state index is 12.6. The molecule has 0 aliphatic carbocycles. The standard InChI is InChI=1S/C9H13F3N4/c1-5(13)8-15-14-7-3-2-6(4-16(7)8)9(10,11)12/h5-6H,2-4,13H2,1H3. The summed E-state index contributed by atoms with van der Waals surface area (Å²) in [6.45, 7) is 1.58. The number of rotatable bonds is 1. The van der Waals surface area contributed by atoms with Gasteiger partial charge in [0.2, 0.25) is 0 Å². The highest BCUT2D eigenvalue weighted by Crippen LogP contribution is 2.34. The second-order valence-electron chi connectivity index (χ2n) is 4.15. The van der Waals surface area contributed by atoms with E-state index in [1.54, 1.807) is 6.92 Å². The van der Waals surface area contributed by atoms with Gasteiger partial charge in [-0.1, -0.05) is 0 Å². The summed E-state index contributed by atoms with van der Waals surface area (Å²) < 4.78 is 39.3. The lowest BCUT2D eigenvalue weighted by molar-refractivity contribution is -0.182. The van der Waals surface area contributed by atoms with Gasteiger partial charge in [0.1, 0.15) is 11.6 Å². The zero-order valence-corrected chi connectivity index (χ0v) is 8.83. The van der Waals surface area contributed by atoms with Crippen LogP contribution in [0.5, 0.6) is 0 Å². The number of halogens is 3. The molecule has 2 N–H and O–H groups in total. The first kappa shape index (κ1) is 11.4. The molecule has 2 unspecified atom stereocenters. The topological polar surface area (TPSA) is 56.7 Å². The number of aryl methyl sites for hydroxylation is 1. The molecule has 2 rings (SSSR count). The first-order valence-electron chi connectivity index (χ1n) is 5.14. The monoisotopic (exact) mass is 234 g/mol. The predicted octanol–water partition coefficient (Wildman–Crippen LogP) is 1.42. The van der Waals surface area contributed by atoms with E-state index in [2.05, 4.69) is 10.2 Å². The van der Waals surface area contributed by atoms with Crippen LogP contribution in [0, 0.1) is 5.92 Å². The van der Waals surface area contributed by atoms with Crippen LogP contribution in [0.15, 0.2) is 0 Å². The lowest BCUT2D eigenvalue weighted by Gasteiger charge is -2.26. The van der Waals surface area contributed by atoms with Gasteiger partial charge in [-0.2, -0.15) is 13.2 Å². The minimum absolute atomic E-state index is 0.0839. The van der Waals surface area contributed by atoms with Crippen molar-refractivity contribution in [2.75, 3.05) is 0 Å². The Balaban J connectivity index is 2.28. The molecule has 1 aromatic heterocycles. The summed E-state index contributed by atoms with van der Waals surface area (Å²) in [4.78, 5) is 0. The minimum atomic E-state index is -4.16. The van der Waals surface area contributed by atoms with Crippen molar-refractivity contribution in [3.05, 3.63) is 11.6 Å². The van der Waals surface area contributed by atoms with Crippen molar-refractivity contribution >= 4 is 0 Å². The molecule has 0 saturated carbocycles. The molecule has 90 valence electrons. The van der Waals surface area contributed by atoms with Crippen molar-refractivity contribution in [2.24, 2.45) is 11.7 Å². The van der Waals surface area contributed by atoms with Gasteiger partial charge in [0.05, 0.1) is 12.0 Å². The average Bonchev–Trinajstić information content (AvgIpc) is 2.58. The number of hydrogen-bond acceptors (Lipinski definition) is 3. The Morgan fingerprint density at radius 2 is 2.12 bits per heavy atom. The Bertz CT molecular complexity index is 383. The van der Waals surface area contributed by atoms with E-state index in [0.717, 1.165) is 0 Å². The molecule has 0 radical (unpaired) electrons. The van der Waals surface area contributed by atoms with E-state index in [-0.39, 0.29) is 13.0 Å². The molecular formula is C9H13F3N4. The van der Waals surface area contributed by atoms with Crippen molar-refractivity contribution in [1.82, 2.24) is 14.8 Å². The van der Waals surface area contributed by atoms with Crippen LogP contribution in [0.25, 0.3) is 0 Å². The fourth-order valence-corrected chi connectivity index (χ4v) is 1.95. The molecule has 0 spiro atoms. The molecule has 1 aliphatic heterocycles. The van der Waals surface area contributed by atoms with Gasteiger partial charge in [0.15, 0.2) is 0 Å². The van der Waals surface area contributed by atoms with Crippen molar-refractivity contribution in [1.29, 1.82) is 0 Å². The van der Waals surface area contributed by atoms with Crippen LogP contribution in [0.4, 0.5) is 13.2 Å². The molecule has 2 heterocycles. The molecule has 0 saturated heterocycles. The zero-order chi connectivity index (χ0) is 11.9. The molecule has 2 atom stereocenters. The predicted molar refractivity (Wildman–Crippen MR) is 50.5 cm³/mol. The van der Waals surface area contributed by atoms with E-state index in [9.17, 15) is 13.2 Å². The molecule has 0 fully saturated rings. The van der Waals surface area contributed by atoms with Gasteiger partial charge in [0, 0.05) is 13.0 Å². The molecule has 0 bridgehead atoms. The van der Waals surface area contributed by atoms with Crippen LogP contribution in [-0.4, -0.2) is 20.9 Å². The molecular weight excluding hydrogens is 221 g/mol. The van der Waals surface area contributed by atoms with Crippen LogP contribution >= 0.6 is 0 Å². The molecule has 1 aliphatic rings. The van der Waals surface area contributed by atoms with E-state index in [0.29, 0.717) is 18.1 Å². The summed E-state index contributed by atoms with van der Waals surface area (Å²) in [6, 6.07) is -0.395. The third-order valence-electron chi connectivity index (χ3n) is 2.85. The maximum atomic E-state index is 12.6. The highest BCUT2D eigenvalue weighted by atomic mass is 19.4. The second-order valence-corrected chi connectivity index (χ2v) is 4.15. The van der Waals surface area contributed by atoms with Crippen LogP contribution in [0.2, 0.25) is 0 Å². The molecule has 1 aromatic rings. The van der Waals surface area contributed by atoms with Crippen molar-refractivity contribution in [3.8, 4) is 0 Å². The minimum Gasteiger partial charge on any atom is -0.322 e. The van der Waals surface area contributed by atoms with Crippen molar-refractivity contribution < 1.29 is 13.2 Å². The lowest BCUT2D eigenvalue weighted by Crippen LogP contribution is -2.33. The molecule has 7 heteroatoms. The number of hydrogen-bond donors (Lipinski definition) is 1. The van der Waals surface area contributed by atoms with Crippen molar-refractivity contribution in [3.63, 3.8) is 0 Å². The summed E-state index contributed by atoms with van der Waals surface area (Å²) in [7, 11) is 0. The van der Waals surface area contributed by atoms with Gasteiger partial charge in [0.25, 0.3) is 0 Å². The smallest absolute Gasteiger partial charge is 0.322 e. The maximum Gasteiger partial charge on any atom is 0.393 e. The van der Waals surface area contributed by atoms with Crippen LogP contribution < -0.4 is 5.73 Å². The second kappa shape index (κ2) is 3.73. The summed E-state index contributed by atoms with van der Waals surface area (Å²) in [6.07, 6.45) is -3.76. The summed E-state index contributed by atoms with van der Waals surface area (Å²) in [5, 5.41) is 7.69. The number of nitrogens with zero attached hydrogens (tertiary/aromatic N) is 3. The number of alkyl halides is 3. The van der Waals surface area contributed by atoms with Crippen LogP contribution in [-0.2, 0) is 13.0 Å². The molecule has 16 heavy (non-hydrogen) atoms. The molecule has 0 amide bonds. The zero-order valence-electron chi connectivity index (χ0n) is 8.83. The largest absolute Gasteiger partial charge is 0.393 e. The highest BCUT2D eigenvalue weighted by molar-refractivity contribution is 5.03. The normalized spacial score (nSPS) is 22.9. The molecule has 4 nitrogen and oxygen atoms in total. The van der Waals surface area contributed by atoms with Gasteiger partial charge in [-0.15, -0.1) is 10.2 Å². The Kier molecular flexibility index (Phi) is 2.65.